The number of esters is 1. The summed E-state index contributed by atoms with van der Waals surface area (Å²) in [6.45, 7) is 13.5. The van der Waals surface area contributed by atoms with E-state index in [0.29, 0.717) is 12.5 Å². The van der Waals surface area contributed by atoms with E-state index in [1.807, 2.05) is 0 Å². The van der Waals surface area contributed by atoms with Crippen molar-refractivity contribution in [1.29, 1.82) is 0 Å². The number of hydrogen-bond acceptors (Lipinski definition) is 3. The molecule has 0 bridgehead atoms. The molecule has 0 amide bonds. The van der Waals surface area contributed by atoms with Gasteiger partial charge in [0, 0.05) is 26.7 Å². The van der Waals surface area contributed by atoms with Gasteiger partial charge < -0.3 is 15.0 Å². The van der Waals surface area contributed by atoms with Crippen LogP contribution in [0, 0.1) is 23.2 Å². The van der Waals surface area contributed by atoms with Crippen LogP contribution in [0.25, 0.3) is 0 Å². The van der Waals surface area contributed by atoms with E-state index in [1.54, 1.807) is 7.05 Å². The van der Waals surface area contributed by atoms with Crippen LogP contribution >= 0.6 is 24.0 Å². The van der Waals surface area contributed by atoms with Crippen LogP contribution in [0.15, 0.2) is 4.99 Å². The molecule has 0 radical (unpaired) electrons. The second kappa shape index (κ2) is 9.69. The molecule has 0 spiro atoms. The molecule has 1 heterocycles. The molecule has 6 heteroatoms. The summed E-state index contributed by atoms with van der Waals surface area (Å²) >= 11 is 0. The number of rotatable bonds is 5. The van der Waals surface area contributed by atoms with Gasteiger partial charge in [0.1, 0.15) is 0 Å². The first-order valence-corrected chi connectivity index (χ1v) is 8.23. The van der Waals surface area contributed by atoms with Crippen LogP contribution in [0.1, 0.15) is 41.0 Å². The summed E-state index contributed by atoms with van der Waals surface area (Å²) in [7, 11) is 3.26. The zero-order chi connectivity index (χ0) is 16.9. The predicted octanol–water partition coefficient (Wildman–Crippen LogP) is 2.99. The maximum atomic E-state index is 11.8. The highest BCUT2D eigenvalue weighted by molar-refractivity contribution is 14.0. The normalized spacial score (nSPS) is 22.1. The Morgan fingerprint density at radius 2 is 2.00 bits per heavy atom. The van der Waals surface area contributed by atoms with Gasteiger partial charge in [0.2, 0.25) is 0 Å². The first kappa shape index (κ1) is 22.5. The van der Waals surface area contributed by atoms with Crippen LogP contribution in [0.5, 0.6) is 0 Å². The molecule has 0 aromatic heterocycles. The molecule has 1 rings (SSSR count). The second-order valence-electron chi connectivity index (χ2n) is 7.67. The van der Waals surface area contributed by atoms with E-state index >= 15 is 0 Å². The molecule has 2 atom stereocenters. The fourth-order valence-electron chi connectivity index (χ4n) is 3.43. The Morgan fingerprint density at radius 3 is 2.48 bits per heavy atom. The first-order valence-electron chi connectivity index (χ1n) is 8.23. The van der Waals surface area contributed by atoms with Crippen molar-refractivity contribution < 1.29 is 9.53 Å². The maximum absolute atomic E-state index is 11.8. The van der Waals surface area contributed by atoms with Gasteiger partial charge in [0.15, 0.2) is 5.96 Å². The molecule has 136 valence electrons. The van der Waals surface area contributed by atoms with Crippen LogP contribution in [-0.4, -0.2) is 50.6 Å². The van der Waals surface area contributed by atoms with Gasteiger partial charge in [-0.2, -0.15) is 0 Å². The van der Waals surface area contributed by atoms with Crippen molar-refractivity contribution in [3.63, 3.8) is 0 Å². The highest BCUT2D eigenvalue weighted by Crippen LogP contribution is 2.26. The molecule has 5 nitrogen and oxygen atoms in total. The molecule has 23 heavy (non-hydrogen) atoms. The van der Waals surface area contributed by atoms with Gasteiger partial charge in [-0.05, 0) is 23.7 Å². The number of halogens is 1. The van der Waals surface area contributed by atoms with Gasteiger partial charge in [0.05, 0.1) is 13.0 Å². The summed E-state index contributed by atoms with van der Waals surface area (Å²) in [4.78, 5) is 18.4. The number of aliphatic imine (C=N–C) groups is 1. The van der Waals surface area contributed by atoms with Crippen molar-refractivity contribution in [3.05, 3.63) is 0 Å². The minimum atomic E-state index is -0.120. The molecular weight excluding hydrogens is 405 g/mol. The summed E-state index contributed by atoms with van der Waals surface area (Å²) in [6, 6.07) is 0. The number of methoxy groups -OCH3 is 1. The van der Waals surface area contributed by atoms with E-state index in [2.05, 4.69) is 49.8 Å². The number of hydrogen-bond donors (Lipinski definition) is 1. The highest BCUT2D eigenvalue weighted by atomic mass is 127. The first-order chi connectivity index (χ1) is 10.2. The lowest BCUT2D eigenvalue weighted by molar-refractivity contribution is -0.145. The number of ether oxygens (including phenoxy) is 1. The van der Waals surface area contributed by atoms with Gasteiger partial charge in [-0.3, -0.25) is 9.79 Å². The summed E-state index contributed by atoms with van der Waals surface area (Å²) in [6.07, 6.45) is 1.16. The van der Waals surface area contributed by atoms with E-state index in [9.17, 15) is 4.79 Å². The van der Waals surface area contributed by atoms with Gasteiger partial charge in [0.25, 0.3) is 0 Å². The largest absolute Gasteiger partial charge is 0.469 e. The Balaban J connectivity index is 0.00000484. The Bertz CT molecular complexity index is 411. The van der Waals surface area contributed by atoms with E-state index in [4.69, 9.17) is 4.74 Å². The monoisotopic (exact) mass is 439 g/mol. The molecule has 2 unspecified atom stereocenters. The van der Waals surface area contributed by atoms with E-state index < -0.39 is 0 Å². The SMILES string of the molecule is CN=C(NCC(C)(C)CC(C)C)N1CC(C)C(C(=O)OC)C1.I. The molecule has 0 aliphatic carbocycles. The lowest BCUT2D eigenvalue weighted by Gasteiger charge is -2.30. The molecule has 1 fully saturated rings. The smallest absolute Gasteiger partial charge is 0.310 e. The van der Waals surface area contributed by atoms with Crippen LogP contribution in [-0.2, 0) is 9.53 Å². The Morgan fingerprint density at radius 1 is 1.39 bits per heavy atom. The Hall–Kier alpha value is -0.530. The summed E-state index contributed by atoms with van der Waals surface area (Å²) in [5, 5.41) is 3.48. The van der Waals surface area contributed by atoms with E-state index in [-0.39, 0.29) is 47.2 Å². The fourth-order valence-corrected chi connectivity index (χ4v) is 3.43. The lowest BCUT2D eigenvalue weighted by Crippen LogP contribution is -2.44. The van der Waals surface area contributed by atoms with Crippen molar-refractivity contribution in [2.45, 2.75) is 41.0 Å². The summed E-state index contributed by atoms with van der Waals surface area (Å²) < 4.78 is 4.90. The number of likely N-dealkylation sites (tertiary alicyclic amines) is 1. The van der Waals surface area contributed by atoms with Crippen LogP contribution in [0.4, 0.5) is 0 Å². The van der Waals surface area contributed by atoms with Crippen molar-refractivity contribution in [2.24, 2.45) is 28.2 Å². The summed E-state index contributed by atoms with van der Waals surface area (Å²) in [5.74, 6) is 1.66. The van der Waals surface area contributed by atoms with E-state index in [0.717, 1.165) is 25.5 Å². The molecule has 0 aromatic rings. The van der Waals surface area contributed by atoms with Crippen LogP contribution in [0.3, 0.4) is 0 Å². The van der Waals surface area contributed by atoms with Gasteiger partial charge >= 0.3 is 5.97 Å². The molecule has 1 aliphatic heterocycles. The van der Waals surface area contributed by atoms with Gasteiger partial charge in [-0.15, -0.1) is 24.0 Å². The molecule has 0 saturated carbocycles. The highest BCUT2D eigenvalue weighted by Gasteiger charge is 2.37. The van der Waals surface area contributed by atoms with E-state index in [1.165, 1.54) is 7.11 Å². The number of nitrogens with zero attached hydrogens (tertiary/aromatic N) is 2. The fraction of sp³-hybridized carbons (Fsp3) is 0.882. The lowest BCUT2D eigenvalue weighted by atomic mass is 9.84. The zero-order valence-electron chi connectivity index (χ0n) is 15.7. The zero-order valence-corrected chi connectivity index (χ0v) is 18.0. The number of carbonyl (C=O) groups excluding carboxylic acids is 1. The second-order valence-corrected chi connectivity index (χ2v) is 7.67. The quantitative estimate of drug-likeness (QED) is 0.310. The number of carbonyl (C=O) groups is 1. The standard InChI is InChI=1S/C17H33N3O2.HI/c1-12(2)8-17(4,5)11-19-16(18-6)20-9-13(3)14(10-20)15(21)22-7;/h12-14H,8-11H2,1-7H3,(H,18,19);1H. The number of nitrogens with one attached hydrogen (secondary N) is 1. The van der Waals surface area contributed by atoms with Crippen molar-refractivity contribution in [2.75, 3.05) is 33.8 Å². The molecular formula is C17H34IN3O2. The maximum Gasteiger partial charge on any atom is 0.310 e. The minimum absolute atomic E-state index is 0. The van der Waals surface area contributed by atoms with Crippen molar-refractivity contribution in [3.8, 4) is 0 Å². The van der Waals surface area contributed by atoms with Crippen molar-refractivity contribution in [1.82, 2.24) is 10.2 Å². The third-order valence-corrected chi connectivity index (χ3v) is 4.31. The molecule has 1 aliphatic rings. The van der Waals surface area contributed by atoms with Gasteiger partial charge in [-0.25, -0.2) is 0 Å². The Kier molecular flexibility index (Phi) is 9.47. The molecule has 1 saturated heterocycles. The third-order valence-electron chi connectivity index (χ3n) is 4.31. The topological polar surface area (TPSA) is 53.9 Å². The Labute approximate surface area is 158 Å². The molecule has 1 N–H and O–H groups in total. The average Bonchev–Trinajstić information content (AvgIpc) is 2.79. The van der Waals surface area contributed by atoms with Crippen LogP contribution < -0.4 is 5.32 Å². The van der Waals surface area contributed by atoms with Crippen LogP contribution in [0.2, 0.25) is 0 Å². The van der Waals surface area contributed by atoms with Gasteiger partial charge in [-0.1, -0.05) is 34.6 Å². The minimum Gasteiger partial charge on any atom is -0.469 e. The number of guanidine groups is 1. The summed E-state index contributed by atoms with van der Waals surface area (Å²) in [5.41, 5.74) is 0.219. The predicted molar refractivity (Wildman–Crippen MR) is 106 cm³/mol. The third kappa shape index (κ3) is 6.85. The average molecular weight is 439 g/mol. The van der Waals surface area contributed by atoms with Crippen molar-refractivity contribution >= 4 is 35.9 Å². The molecule has 0 aromatic carbocycles.